The van der Waals surface area contributed by atoms with E-state index < -0.39 is 5.82 Å². The zero-order valence-electron chi connectivity index (χ0n) is 9.88. The van der Waals surface area contributed by atoms with Crippen LogP contribution in [0.3, 0.4) is 0 Å². The molecule has 0 saturated carbocycles. The summed E-state index contributed by atoms with van der Waals surface area (Å²) in [7, 11) is 0. The Balaban J connectivity index is 2.47. The molecule has 0 aromatic heterocycles. The summed E-state index contributed by atoms with van der Waals surface area (Å²) in [5, 5.41) is 7.51. The molecule has 2 aromatic carbocycles. The molecule has 0 aliphatic rings. The van der Waals surface area contributed by atoms with E-state index in [-0.39, 0.29) is 16.6 Å². The molecule has 0 radical (unpaired) electrons. The maximum Gasteiger partial charge on any atom is 0.145 e. The molecular weight excluding hydrogens is 414 g/mol. The first-order valence-corrected chi connectivity index (χ1v) is 7.31. The van der Waals surface area contributed by atoms with Gasteiger partial charge in [0.1, 0.15) is 23.2 Å². The van der Waals surface area contributed by atoms with Crippen molar-refractivity contribution in [3.8, 4) is 11.5 Å². The first-order chi connectivity index (χ1) is 9.38. The lowest BCUT2D eigenvalue weighted by molar-refractivity contribution is 0.472. The standard InChI is InChI=1S/C13H8Br2ClFN2O/c14-6-1-2-7(13(18)19)11(3-6)20-12-5-10(17)9(16)4-8(12)15/h1-5H,(H3,18,19). The third kappa shape index (κ3) is 3.31. The molecule has 0 aliphatic carbocycles. The first-order valence-electron chi connectivity index (χ1n) is 5.35. The number of nitrogens with two attached hydrogens (primary N) is 1. The summed E-state index contributed by atoms with van der Waals surface area (Å²) in [6.07, 6.45) is 0. The van der Waals surface area contributed by atoms with Crippen molar-refractivity contribution in [3.63, 3.8) is 0 Å². The van der Waals surface area contributed by atoms with E-state index in [4.69, 9.17) is 27.5 Å². The predicted molar refractivity (Wildman–Crippen MR) is 84.3 cm³/mol. The van der Waals surface area contributed by atoms with E-state index in [9.17, 15) is 4.39 Å². The number of ether oxygens (including phenoxy) is 1. The molecule has 3 N–H and O–H groups in total. The molecule has 0 spiro atoms. The summed E-state index contributed by atoms with van der Waals surface area (Å²) in [4.78, 5) is 0. The lowest BCUT2D eigenvalue weighted by atomic mass is 10.2. The van der Waals surface area contributed by atoms with Crippen molar-refractivity contribution >= 4 is 49.3 Å². The van der Waals surface area contributed by atoms with Crippen molar-refractivity contribution in [1.29, 1.82) is 5.41 Å². The maximum atomic E-state index is 13.5. The fourth-order valence-electron chi connectivity index (χ4n) is 1.50. The average Bonchev–Trinajstić information content (AvgIpc) is 2.35. The predicted octanol–water partition coefficient (Wildman–Crippen LogP) is 5.08. The molecule has 20 heavy (non-hydrogen) atoms. The van der Waals surface area contributed by atoms with Gasteiger partial charge < -0.3 is 10.5 Å². The largest absolute Gasteiger partial charge is 0.455 e. The summed E-state index contributed by atoms with van der Waals surface area (Å²) in [6, 6.07) is 7.59. The third-order valence-electron chi connectivity index (χ3n) is 2.43. The van der Waals surface area contributed by atoms with Gasteiger partial charge in [-0.3, -0.25) is 5.41 Å². The van der Waals surface area contributed by atoms with Crippen LogP contribution in [0.2, 0.25) is 5.02 Å². The molecular formula is C13H8Br2ClFN2O. The van der Waals surface area contributed by atoms with Crippen molar-refractivity contribution < 1.29 is 9.13 Å². The fraction of sp³-hybridized carbons (Fsp3) is 0. The van der Waals surface area contributed by atoms with E-state index in [1.807, 2.05) is 0 Å². The number of hydrogen-bond donors (Lipinski definition) is 2. The number of benzene rings is 2. The summed E-state index contributed by atoms with van der Waals surface area (Å²) in [5.74, 6) is -0.149. The van der Waals surface area contributed by atoms with Crippen molar-refractivity contribution in [2.24, 2.45) is 5.73 Å². The number of rotatable bonds is 3. The van der Waals surface area contributed by atoms with Crippen LogP contribution < -0.4 is 10.5 Å². The van der Waals surface area contributed by atoms with E-state index in [2.05, 4.69) is 31.9 Å². The normalized spacial score (nSPS) is 10.4. The summed E-state index contributed by atoms with van der Waals surface area (Å²) in [5.41, 5.74) is 5.90. The minimum atomic E-state index is -0.593. The second kappa shape index (κ2) is 6.11. The van der Waals surface area contributed by atoms with Crippen molar-refractivity contribution in [3.05, 3.63) is 55.7 Å². The highest BCUT2D eigenvalue weighted by atomic mass is 79.9. The monoisotopic (exact) mass is 420 g/mol. The van der Waals surface area contributed by atoms with E-state index in [1.54, 1.807) is 18.2 Å². The van der Waals surface area contributed by atoms with Gasteiger partial charge in [0.2, 0.25) is 0 Å². The zero-order valence-corrected chi connectivity index (χ0v) is 13.8. The summed E-state index contributed by atoms with van der Waals surface area (Å²) < 4.78 is 20.4. The van der Waals surface area contributed by atoms with Crippen molar-refractivity contribution in [2.45, 2.75) is 0 Å². The molecule has 3 nitrogen and oxygen atoms in total. The highest BCUT2D eigenvalue weighted by Gasteiger charge is 2.13. The molecule has 0 fully saturated rings. The number of nitrogens with one attached hydrogen (secondary N) is 1. The number of hydrogen-bond acceptors (Lipinski definition) is 2. The molecule has 0 atom stereocenters. The van der Waals surface area contributed by atoms with Gasteiger partial charge in [-0.25, -0.2) is 4.39 Å². The molecule has 0 bridgehead atoms. The van der Waals surface area contributed by atoms with Gasteiger partial charge in [0, 0.05) is 10.5 Å². The SMILES string of the molecule is N=C(N)c1ccc(Br)cc1Oc1cc(F)c(Cl)cc1Br. The number of nitrogen functional groups attached to an aromatic ring is 1. The fourth-order valence-corrected chi connectivity index (χ4v) is 2.56. The molecule has 0 saturated heterocycles. The lowest BCUT2D eigenvalue weighted by Crippen LogP contribution is -2.12. The van der Waals surface area contributed by atoms with Crippen LogP contribution in [0, 0.1) is 11.2 Å². The third-order valence-corrected chi connectivity index (χ3v) is 3.83. The summed E-state index contributed by atoms with van der Waals surface area (Å²) >= 11 is 12.2. The lowest BCUT2D eigenvalue weighted by Gasteiger charge is -2.12. The highest BCUT2D eigenvalue weighted by Crippen LogP contribution is 2.35. The Morgan fingerprint density at radius 1 is 1.20 bits per heavy atom. The van der Waals surface area contributed by atoms with Gasteiger partial charge in [-0.05, 0) is 40.2 Å². The van der Waals surface area contributed by atoms with Crippen LogP contribution in [0.1, 0.15) is 5.56 Å². The second-order valence-electron chi connectivity index (χ2n) is 3.85. The highest BCUT2D eigenvalue weighted by molar-refractivity contribution is 9.10. The summed E-state index contributed by atoms with van der Waals surface area (Å²) in [6.45, 7) is 0. The molecule has 2 rings (SSSR count). The van der Waals surface area contributed by atoms with Crippen LogP contribution in [0.4, 0.5) is 4.39 Å². The number of halogens is 4. The Hall–Kier alpha value is -1.11. The van der Waals surface area contributed by atoms with E-state index in [0.29, 0.717) is 15.8 Å². The van der Waals surface area contributed by atoms with E-state index in [1.165, 1.54) is 6.07 Å². The van der Waals surface area contributed by atoms with Crippen LogP contribution in [0.25, 0.3) is 0 Å². The Labute approximate surface area is 136 Å². The Morgan fingerprint density at radius 2 is 1.90 bits per heavy atom. The van der Waals surface area contributed by atoms with Crippen molar-refractivity contribution in [2.75, 3.05) is 0 Å². The van der Waals surface area contributed by atoms with E-state index >= 15 is 0 Å². The minimum Gasteiger partial charge on any atom is -0.455 e. The molecule has 2 aromatic rings. The van der Waals surface area contributed by atoms with Crippen molar-refractivity contribution in [1.82, 2.24) is 0 Å². The van der Waals surface area contributed by atoms with Gasteiger partial charge in [0.25, 0.3) is 0 Å². The topological polar surface area (TPSA) is 59.1 Å². The molecule has 7 heteroatoms. The molecule has 0 heterocycles. The van der Waals surface area contributed by atoms with Crippen LogP contribution >= 0.6 is 43.5 Å². The first kappa shape index (κ1) is 15.3. The van der Waals surface area contributed by atoms with Gasteiger partial charge in [-0.15, -0.1) is 0 Å². The smallest absolute Gasteiger partial charge is 0.145 e. The Kier molecular flexibility index (Phi) is 4.67. The number of amidine groups is 1. The Morgan fingerprint density at radius 3 is 2.55 bits per heavy atom. The zero-order chi connectivity index (χ0) is 14.9. The average molecular weight is 422 g/mol. The van der Waals surface area contributed by atoms with Crippen LogP contribution in [0.15, 0.2) is 39.3 Å². The van der Waals surface area contributed by atoms with Crippen LogP contribution in [-0.4, -0.2) is 5.84 Å². The van der Waals surface area contributed by atoms with Gasteiger partial charge >= 0.3 is 0 Å². The van der Waals surface area contributed by atoms with Crippen LogP contribution in [0.5, 0.6) is 11.5 Å². The van der Waals surface area contributed by atoms with Crippen LogP contribution in [-0.2, 0) is 0 Å². The van der Waals surface area contributed by atoms with Gasteiger partial charge in [0.05, 0.1) is 15.1 Å². The molecule has 104 valence electrons. The molecule has 0 amide bonds. The molecule has 0 unspecified atom stereocenters. The maximum absolute atomic E-state index is 13.5. The second-order valence-corrected chi connectivity index (χ2v) is 6.03. The van der Waals surface area contributed by atoms with Gasteiger partial charge in [0.15, 0.2) is 0 Å². The quantitative estimate of drug-likeness (QED) is 0.412. The molecule has 0 aliphatic heterocycles. The van der Waals surface area contributed by atoms with Gasteiger partial charge in [-0.1, -0.05) is 27.5 Å². The van der Waals surface area contributed by atoms with E-state index in [0.717, 1.165) is 10.5 Å². The Bertz CT molecular complexity index is 694. The van der Waals surface area contributed by atoms with Gasteiger partial charge in [-0.2, -0.15) is 0 Å². The minimum absolute atomic E-state index is 0.00902.